The Hall–Kier alpha value is -1.74. The van der Waals surface area contributed by atoms with E-state index in [-0.39, 0.29) is 29.4 Å². The highest BCUT2D eigenvalue weighted by Gasteiger charge is 2.29. The van der Waals surface area contributed by atoms with Gasteiger partial charge in [0, 0.05) is 25.9 Å². The van der Waals surface area contributed by atoms with Crippen LogP contribution in [0.25, 0.3) is 0 Å². The average Bonchev–Trinajstić information content (AvgIpc) is 2.45. The van der Waals surface area contributed by atoms with Crippen LogP contribution in [-0.4, -0.2) is 50.0 Å². The van der Waals surface area contributed by atoms with Crippen molar-refractivity contribution in [3.63, 3.8) is 0 Å². The number of hydrogen-bond acceptors (Lipinski definition) is 6. The minimum Gasteiger partial charge on any atom is -0.381 e. The maximum atomic E-state index is 12.5. The van der Waals surface area contributed by atoms with Crippen LogP contribution in [0.3, 0.4) is 0 Å². The molecule has 1 amide bonds. The van der Waals surface area contributed by atoms with Crippen LogP contribution in [0.4, 0.5) is 3.89 Å². The molecule has 122 valence electrons. The molecule has 1 aliphatic heterocycles. The number of nitrogens with zero attached hydrogens (tertiary/aromatic N) is 2. The number of ether oxygens (including phenoxy) is 1. The Morgan fingerprint density at radius 1 is 1.45 bits per heavy atom. The lowest BCUT2D eigenvalue weighted by atomic mass is 9.99. The molecule has 2 atom stereocenters. The summed E-state index contributed by atoms with van der Waals surface area (Å²) in [6, 6.07) is 1.13. The summed E-state index contributed by atoms with van der Waals surface area (Å²) in [6.45, 7) is 2.42. The maximum absolute atomic E-state index is 12.5. The van der Waals surface area contributed by atoms with E-state index in [1.54, 1.807) is 12.0 Å². The largest absolute Gasteiger partial charge is 0.488 e. The van der Waals surface area contributed by atoms with Crippen molar-refractivity contribution < 1.29 is 26.0 Å². The van der Waals surface area contributed by atoms with Gasteiger partial charge in [0.1, 0.15) is 0 Å². The van der Waals surface area contributed by atoms with E-state index < -0.39 is 10.5 Å². The molecule has 1 aromatic heterocycles. The maximum Gasteiger partial charge on any atom is 0.488 e. The lowest BCUT2D eigenvalue weighted by Gasteiger charge is -2.37. The van der Waals surface area contributed by atoms with Crippen LogP contribution in [0.1, 0.15) is 30.1 Å². The number of halogens is 1. The minimum atomic E-state index is -5.15. The van der Waals surface area contributed by atoms with Gasteiger partial charge in [0.05, 0.1) is 17.9 Å². The number of pyridine rings is 1. The van der Waals surface area contributed by atoms with Crippen LogP contribution < -0.4 is 4.18 Å². The van der Waals surface area contributed by atoms with E-state index in [4.69, 9.17) is 4.74 Å². The summed E-state index contributed by atoms with van der Waals surface area (Å²) in [5.41, 5.74) is 0.142. The quantitative estimate of drug-likeness (QED) is 0.773. The Labute approximate surface area is 128 Å². The number of rotatable bonds is 4. The zero-order valence-electron chi connectivity index (χ0n) is 12.2. The third kappa shape index (κ3) is 4.14. The van der Waals surface area contributed by atoms with Gasteiger partial charge in [-0.25, -0.2) is 0 Å². The van der Waals surface area contributed by atoms with Crippen LogP contribution in [0.5, 0.6) is 5.75 Å². The summed E-state index contributed by atoms with van der Waals surface area (Å²) >= 11 is 0. The van der Waals surface area contributed by atoms with Crippen LogP contribution in [0, 0.1) is 0 Å². The molecule has 0 aromatic carbocycles. The average molecular weight is 332 g/mol. The fraction of sp³-hybridized carbons (Fsp3) is 0.538. The fourth-order valence-corrected chi connectivity index (χ4v) is 2.83. The van der Waals surface area contributed by atoms with Gasteiger partial charge in [0.25, 0.3) is 5.91 Å². The fourth-order valence-electron chi connectivity index (χ4n) is 2.51. The summed E-state index contributed by atoms with van der Waals surface area (Å²) < 4.78 is 42.9. The number of aromatic nitrogens is 1. The molecule has 9 heteroatoms. The topological polar surface area (TPSA) is 85.8 Å². The van der Waals surface area contributed by atoms with Gasteiger partial charge in [-0.15, -0.1) is 0 Å². The second kappa shape index (κ2) is 6.57. The number of likely N-dealkylation sites (tertiary alicyclic amines) is 1. The summed E-state index contributed by atoms with van der Waals surface area (Å²) in [5, 5.41) is 0. The zero-order chi connectivity index (χ0) is 16.3. The molecule has 0 bridgehead atoms. The van der Waals surface area contributed by atoms with Crippen molar-refractivity contribution in [3.05, 3.63) is 24.0 Å². The SMILES string of the molecule is CO[C@@H]1CCN(C(=O)c2cncc(OS(=O)(=O)F)c2)[C@H](C)C1. The van der Waals surface area contributed by atoms with Crippen molar-refractivity contribution in [3.8, 4) is 5.75 Å². The van der Waals surface area contributed by atoms with E-state index in [9.17, 15) is 17.1 Å². The highest BCUT2D eigenvalue weighted by molar-refractivity contribution is 7.81. The minimum absolute atomic E-state index is 0.0271. The summed E-state index contributed by atoms with van der Waals surface area (Å²) in [4.78, 5) is 17.8. The van der Waals surface area contributed by atoms with Gasteiger partial charge in [-0.2, -0.15) is 8.42 Å². The van der Waals surface area contributed by atoms with Gasteiger partial charge in [0.15, 0.2) is 5.75 Å². The smallest absolute Gasteiger partial charge is 0.381 e. The molecular weight excluding hydrogens is 315 g/mol. The van der Waals surface area contributed by atoms with E-state index >= 15 is 0 Å². The first-order valence-corrected chi connectivity index (χ1v) is 8.04. The van der Waals surface area contributed by atoms with E-state index in [1.165, 1.54) is 6.20 Å². The van der Waals surface area contributed by atoms with E-state index in [0.717, 1.165) is 18.7 Å². The van der Waals surface area contributed by atoms with E-state index in [1.807, 2.05) is 6.92 Å². The third-order valence-electron chi connectivity index (χ3n) is 3.58. The normalized spacial score (nSPS) is 22.4. The van der Waals surface area contributed by atoms with Gasteiger partial charge in [0.2, 0.25) is 0 Å². The molecule has 0 aliphatic carbocycles. The summed E-state index contributed by atoms with van der Waals surface area (Å²) in [5.74, 6) is -0.649. The van der Waals surface area contributed by atoms with E-state index in [0.29, 0.717) is 13.0 Å². The van der Waals surface area contributed by atoms with E-state index in [2.05, 4.69) is 9.17 Å². The molecule has 0 spiro atoms. The molecule has 7 nitrogen and oxygen atoms in total. The lowest BCUT2D eigenvalue weighted by molar-refractivity contribution is 0.0159. The summed E-state index contributed by atoms with van der Waals surface area (Å²) in [7, 11) is -3.51. The standard InChI is InChI=1S/C13H17FN2O5S/c1-9-5-11(20-2)3-4-16(9)13(17)10-6-12(8-15-7-10)21-22(14,18)19/h6-9,11H,3-5H2,1-2H3/t9-,11-/m1/s1. The molecule has 0 radical (unpaired) electrons. The Morgan fingerprint density at radius 2 is 2.18 bits per heavy atom. The lowest BCUT2D eigenvalue weighted by Crippen LogP contribution is -2.46. The highest BCUT2D eigenvalue weighted by Crippen LogP contribution is 2.23. The van der Waals surface area contributed by atoms with Crippen molar-refractivity contribution in [2.24, 2.45) is 0 Å². The Bertz CT molecular complexity index is 652. The number of amides is 1. The second-order valence-electron chi connectivity index (χ2n) is 5.12. The molecule has 1 fully saturated rings. The van der Waals surface area contributed by atoms with Crippen molar-refractivity contribution in [1.29, 1.82) is 0 Å². The van der Waals surface area contributed by atoms with Gasteiger partial charge >= 0.3 is 10.5 Å². The first-order valence-electron chi connectivity index (χ1n) is 6.73. The molecule has 1 saturated heterocycles. The molecule has 0 unspecified atom stereocenters. The number of carbonyl (C=O) groups is 1. The van der Waals surface area contributed by atoms with Gasteiger partial charge in [-0.1, -0.05) is 3.89 Å². The Morgan fingerprint density at radius 3 is 2.77 bits per heavy atom. The second-order valence-corrected chi connectivity index (χ2v) is 6.07. The first kappa shape index (κ1) is 16.6. The molecule has 0 N–H and O–H groups in total. The number of piperidine rings is 1. The molecule has 2 rings (SSSR count). The van der Waals surface area contributed by atoms with Crippen molar-refractivity contribution in [2.75, 3.05) is 13.7 Å². The zero-order valence-corrected chi connectivity index (χ0v) is 13.0. The predicted molar refractivity (Wildman–Crippen MR) is 75.4 cm³/mol. The molecule has 22 heavy (non-hydrogen) atoms. The molecule has 1 aliphatic rings. The van der Waals surface area contributed by atoms with Gasteiger partial charge in [-0.3, -0.25) is 9.78 Å². The molecule has 2 heterocycles. The van der Waals surface area contributed by atoms with Crippen molar-refractivity contribution in [2.45, 2.75) is 31.9 Å². The van der Waals surface area contributed by atoms with Crippen LogP contribution in [0.15, 0.2) is 18.5 Å². The first-order chi connectivity index (χ1) is 10.3. The number of carbonyl (C=O) groups excluding carboxylic acids is 1. The summed E-state index contributed by atoms with van der Waals surface area (Å²) in [6.07, 6.45) is 3.85. The Kier molecular flexibility index (Phi) is 4.97. The molecule has 1 aromatic rings. The monoisotopic (exact) mass is 332 g/mol. The van der Waals surface area contributed by atoms with Gasteiger partial charge in [-0.05, 0) is 25.8 Å². The van der Waals surface area contributed by atoms with Crippen molar-refractivity contribution in [1.82, 2.24) is 9.88 Å². The van der Waals surface area contributed by atoms with Crippen LogP contribution in [-0.2, 0) is 15.2 Å². The van der Waals surface area contributed by atoms with Crippen LogP contribution in [0.2, 0.25) is 0 Å². The number of methoxy groups -OCH3 is 1. The molecule has 0 saturated carbocycles. The highest BCUT2D eigenvalue weighted by atomic mass is 32.3. The predicted octanol–water partition coefficient (Wildman–Crippen LogP) is 1.31. The van der Waals surface area contributed by atoms with Crippen molar-refractivity contribution >= 4 is 16.4 Å². The molecular formula is C13H17FN2O5S. The van der Waals surface area contributed by atoms with Gasteiger partial charge < -0.3 is 13.8 Å². The number of hydrogen-bond donors (Lipinski definition) is 0. The third-order valence-corrected chi connectivity index (χ3v) is 3.97. The Balaban J connectivity index is 2.14. The van der Waals surface area contributed by atoms with Crippen LogP contribution >= 0.6 is 0 Å².